The Morgan fingerprint density at radius 3 is 2.89 bits per heavy atom. The van der Waals surface area contributed by atoms with E-state index in [4.69, 9.17) is 10.7 Å². The van der Waals surface area contributed by atoms with Gasteiger partial charge in [0, 0.05) is 23.9 Å². The van der Waals surface area contributed by atoms with Crippen LogP contribution in [0.15, 0.2) is 18.2 Å². The van der Waals surface area contributed by atoms with Gasteiger partial charge in [0.05, 0.1) is 11.0 Å². The highest BCUT2D eigenvalue weighted by Gasteiger charge is 2.15. The van der Waals surface area contributed by atoms with Gasteiger partial charge in [-0.2, -0.15) is 11.8 Å². The summed E-state index contributed by atoms with van der Waals surface area (Å²) < 4.78 is 2.37. The van der Waals surface area contributed by atoms with Crippen molar-refractivity contribution in [2.45, 2.75) is 32.7 Å². The van der Waals surface area contributed by atoms with Gasteiger partial charge in [-0.1, -0.05) is 6.92 Å². The van der Waals surface area contributed by atoms with E-state index >= 15 is 0 Å². The molecule has 0 bridgehead atoms. The molecular weight excluding hydrogens is 242 g/mol. The summed E-state index contributed by atoms with van der Waals surface area (Å²) in [6.45, 7) is 4.45. The molecule has 0 fully saturated rings. The molecule has 1 aromatic carbocycles. The average Bonchev–Trinajstić information content (AvgIpc) is 2.67. The maximum atomic E-state index is 5.84. The maximum Gasteiger partial charge on any atom is 0.110 e. The Morgan fingerprint density at radius 1 is 1.44 bits per heavy atom. The van der Waals surface area contributed by atoms with Crippen molar-refractivity contribution in [3.05, 3.63) is 24.0 Å². The molecule has 18 heavy (non-hydrogen) atoms. The molecule has 0 radical (unpaired) electrons. The Balaban J connectivity index is 2.54. The van der Waals surface area contributed by atoms with Crippen LogP contribution in [0, 0.1) is 0 Å². The minimum Gasteiger partial charge on any atom is -0.399 e. The molecule has 4 heteroatoms. The van der Waals surface area contributed by atoms with Crippen LogP contribution in [0.25, 0.3) is 11.0 Å². The van der Waals surface area contributed by atoms with E-state index < -0.39 is 0 Å². The molecule has 0 aliphatic heterocycles. The predicted molar refractivity (Wildman–Crippen MR) is 81.2 cm³/mol. The van der Waals surface area contributed by atoms with Crippen molar-refractivity contribution in [2.75, 3.05) is 17.7 Å². The number of fused-ring (bicyclic) bond motifs is 1. The van der Waals surface area contributed by atoms with Gasteiger partial charge in [0.25, 0.3) is 0 Å². The highest BCUT2D eigenvalue weighted by molar-refractivity contribution is 7.98. The number of hydrogen-bond acceptors (Lipinski definition) is 3. The molecule has 0 spiro atoms. The monoisotopic (exact) mass is 263 g/mol. The van der Waals surface area contributed by atoms with Gasteiger partial charge in [0.15, 0.2) is 0 Å². The smallest absolute Gasteiger partial charge is 0.110 e. The molecule has 2 rings (SSSR count). The highest BCUT2D eigenvalue weighted by atomic mass is 32.2. The fourth-order valence-corrected chi connectivity index (χ4v) is 3.00. The van der Waals surface area contributed by atoms with Crippen molar-refractivity contribution >= 4 is 28.5 Å². The van der Waals surface area contributed by atoms with Crippen LogP contribution in [0.1, 0.15) is 32.1 Å². The van der Waals surface area contributed by atoms with Gasteiger partial charge in [0.2, 0.25) is 0 Å². The van der Waals surface area contributed by atoms with Crippen LogP contribution in [-0.4, -0.2) is 21.6 Å². The van der Waals surface area contributed by atoms with Crippen molar-refractivity contribution in [1.82, 2.24) is 9.55 Å². The second-order valence-electron chi connectivity index (χ2n) is 4.70. The van der Waals surface area contributed by atoms with Crippen molar-refractivity contribution in [2.24, 2.45) is 0 Å². The van der Waals surface area contributed by atoms with Gasteiger partial charge in [-0.3, -0.25) is 0 Å². The Hall–Kier alpha value is -1.16. The Labute approximate surface area is 113 Å². The third kappa shape index (κ3) is 2.48. The zero-order valence-corrected chi connectivity index (χ0v) is 12.1. The summed E-state index contributed by atoms with van der Waals surface area (Å²) in [4.78, 5) is 4.74. The largest absolute Gasteiger partial charge is 0.399 e. The summed E-state index contributed by atoms with van der Waals surface area (Å²) in [7, 11) is 0. The lowest BCUT2D eigenvalue weighted by molar-refractivity contribution is 0.588. The lowest BCUT2D eigenvalue weighted by atomic mass is 10.2. The molecule has 1 heterocycles. The lowest BCUT2D eigenvalue weighted by Crippen LogP contribution is -2.11. The molecule has 0 aliphatic rings. The molecule has 0 saturated heterocycles. The van der Waals surface area contributed by atoms with E-state index in [2.05, 4.69) is 30.7 Å². The molecule has 0 saturated carbocycles. The standard InChI is InChI=1S/C14H21N3S/c1-4-5-14-16-12-8-11(15)6-7-13(12)17(14)10(2)9-18-3/h6-8,10H,4-5,9,15H2,1-3H3. The quantitative estimate of drug-likeness (QED) is 0.840. The van der Waals surface area contributed by atoms with E-state index in [0.717, 1.165) is 29.8 Å². The number of anilines is 1. The average molecular weight is 263 g/mol. The van der Waals surface area contributed by atoms with E-state index in [-0.39, 0.29) is 0 Å². The highest BCUT2D eigenvalue weighted by Crippen LogP contribution is 2.25. The number of nitrogen functional groups attached to an aromatic ring is 1. The summed E-state index contributed by atoms with van der Waals surface area (Å²) >= 11 is 1.87. The van der Waals surface area contributed by atoms with Crippen LogP contribution < -0.4 is 5.73 Å². The second kappa shape index (κ2) is 5.65. The van der Waals surface area contributed by atoms with E-state index in [9.17, 15) is 0 Å². The van der Waals surface area contributed by atoms with Crippen LogP contribution in [0.4, 0.5) is 5.69 Å². The molecular formula is C14H21N3S. The first-order valence-electron chi connectivity index (χ1n) is 6.42. The number of nitrogens with two attached hydrogens (primary N) is 1. The maximum absolute atomic E-state index is 5.84. The van der Waals surface area contributed by atoms with Crippen molar-refractivity contribution in [3.8, 4) is 0 Å². The third-order valence-corrected chi connectivity index (χ3v) is 3.92. The number of rotatable bonds is 5. The SMILES string of the molecule is CCCc1nc2cc(N)ccc2n1C(C)CSC. The van der Waals surface area contributed by atoms with Gasteiger partial charge >= 0.3 is 0 Å². The fourth-order valence-electron chi connectivity index (χ4n) is 2.37. The number of aromatic nitrogens is 2. The topological polar surface area (TPSA) is 43.8 Å². The van der Waals surface area contributed by atoms with Crippen LogP contribution in [-0.2, 0) is 6.42 Å². The van der Waals surface area contributed by atoms with Crippen LogP contribution in [0.5, 0.6) is 0 Å². The number of nitrogens with zero attached hydrogens (tertiary/aromatic N) is 2. The molecule has 98 valence electrons. The molecule has 1 atom stereocenters. The van der Waals surface area contributed by atoms with Gasteiger partial charge < -0.3 is 10.3 Å². The minimum absolute atomic E-state index is 0.468. The Bertz CT molecular complexity index is 533. The van der Waals surface area contributed by atoms with Gasteiger partial charge in [-0.05, 0) is 37.8 Å². The van der Waals surface area contributed by atoms with E-state index in [1.54, 1.807) is 0 Å². The summed E-state index contributed by atoms with van der Waals surface area (Å²) in [5.41, 5.74) is 8.85. The molecule has 2 N–H and O–H groups in total. The van der Waals surface area contributed by atoms with E-state index in [1.165, 1.54) is 11.3 Å². The van der Waals surface area contributed by atoms with Crippen LogP contribution in [0.2, 0.25) is 0 Å². The Morgan fingerprint density at radius 2 is 2.22 bits per heavy atom. The zero-order valence-electron chi connectivity index (χ0n) is 11.3. The molecule has 2 aromatic rings. The van der Waals surface area contributed by atoms with E-state index in [0.29, 0.717) is 6.04 Å². The number of benzene rings is 1. The van der Waals surface area contributed by atoms with E-state index in [1.807, 2.05) is 23.9 Å². The van der Waals surface area contributed by atoms with Crippen LogP contribution in [0.3, 0.4) is 0 Å². The summed E-state index contributed by atoms with van der Waals surface area (Å²) in [5, 5.41) is 0. The summed E-state index contributed by atoms with van der Waals surface area (Å²) in [6, 6.07) is 6.49. The first-order valence-corrected chi connectivity index (χ1v) is 7.82. The molecule has 3 nitrogen and oxygen atoms in total. The summed E-state index contributed by atoms with van der Waals surface area (Å²) in [5.74, 6) is 2.28. The third-order valence-electron chi connectivity index (χ3n) is 3.11. The summed E-state index contributed by atoms with van der Waals surface area (Å²) in [6.07, 6.45) is 4.28. The number of aryl methyl sites for hydroxylation is 1. The molecule has 0 aliphatic carbocycles. The molecule has 1 unspecified atom stereocenters. The molecule has 1 aromatic heterocycles. The normalized spacial score (nSPS) is 13.1. The molecule has 0 amide bonds. The van der Waals surface area contributed by atoms with Gasteiger partial charge in [-0.15, -0.1) is 0 Å². The van der Waals surface area contributed by atoms with Crippen molar-refractivity contribution < 1.29 is 0 Å². The Kier molecular flexibility index (Phi) is 4.17. The van der Waals surface area contributed by atoms with Crippen LogP contribution >= 0.6 is 11.8 Å². The lowest BCUT2D eigenvalue weighted by Gasteiger charge is -2.16. The van der Waals surface area contributed by atoms with Crippen molar-refractivity contribution in [1.29, 1.82) is 0 Å². The first-order chi connectivity index (χ1) is 8.67. The number of hydrogen-bond donors (Lipinski definition) is 1. The number of thioether (sulfide) groups is 1. The zero-order chi connectivity index (χ0) is 13.1. The van der Waals surface area contributed by atoms with Crippen molar-refractivity contribution in [3.63, 3.8) is 0 Å². The predicted octanol–water partition coefficient (Wildman–Crippen LogP) is 3.50. The van der Waals surface area contributed by atoms with Gasteiger partial charge in [0.1, 0.15) is 5.82 Å². The second-order valence-corrected chi connectivity index (χ2v) is 5.61. The number of imidazole rings is 1. The minimum atomic E-state index is 0.468. The van der Waals surface area contributed by atoms with Gasteiger partial charge in [-0.25, -0.2) is 4.98 Å². The first kappa shape index (κ1) is 13.3. The fraction of sp³-hybridized carbons (Fsp3) is 0.500.